The second kappa shape index (κ2) is 8.00. The molecule has 0 heterocycles. The molecule has 2 aromatic rings. The molecule has 0 spiro atoms. The van der Waals surface area contributed by atoms with E-state index in [4.69, 9.17) is 4.74 Å². The van der Waals surface area contributed by atoms with Crippen molar-refractivity contribution in [2.45, 2.75) is 12.8 Å². The van der Waals surface area contributed by atoms with Gasteiger partial charge in [-0.15, -0.1) is 0 Å². The maximum absolute atomic E-state index is 11.6. The van der Waals surface area contributed by atoms with Crippen molar-refractivity contribution in [3.63, 3.8) is 0 Å². The quantitative estimate of drug-likeness (QED) is 0.839. The highest BCUT2D eigenvalue weighted by Crippen LogP contribution is 2.08. The number of hydrogen-bond acceptors (Lipinski definition) is 2. The highest BCUT2D eigenvalue weighted by atomic mass is 16.5. The van der Waals surface area contributed by atoms with Crippen LogP contribution in [0, 0.1) is 0 Å². The maximum atomic E-state index is 11.6. The maximum Gasteiger partial charge on any atom is 0.223 e. The van der Waals surface area contributed by atoms with Crippen molar-refractivity contribution in [1.29, 1.82) is 0 Å². The van der Waals surface area contributed by atoms with Crippen LogP contribution in [0.2, 0.25) is 0 Å². The zero-order chi connectivity index (χ0) is 14.0. The highest BCUT2D eigenvalue weighted by molar-refractivity contribution is 5.75. The summed E-state index contributed by atoms with van der Waals surface area (Å²) < 4.78 is 5.48. The standard InChI is InChI=1S/C17H19NO2/c19-17(12-14-20-16-9-5-2-6-10-16)18-13-11-15-7-3-1-4-8-15/h1-10H,11-14H2,(H,18,19). The minimum absolute atomic E-state index is 0.0249. The second-order valence-electron chi connectivity index (χ2n) is 4.50. The summed E-state index contributed by atoms with van der Waals surface area (Å²) in [6.07, 6.45) is 1.23. The van der Waals surface area contributed by atoms with Crippen LogP contribution in [0.4, 0.5) is 0 Å². The Labute approximate surface area is 119 Å². The summed E-state index contributed by atoms with van der Waals surface area (Å²) in [7, 11) is 0. The van der Waals surface area contributed by atoms with E-state index in [1.165, 1.54) is 5.56 Å². The molecule has 0 unspecified atom stereocenters. The molecule has 3 heteroatoms. The molecule has 2 rings (SSSR count). The van der Waals surface area contributed by atoms with Gasteiger partial charge in [-0.05, 0) is 24.1 Å². The average Bonchev–Trinajstić information content (AvgIpc) is 2.49. The minimum Gasteiger partial charge on any atom is -0.493 e. The van der Waals surface area contributed by atoms with Crippen molar-refractivity contribution in [2.24, 2.45) is 0 Å². The third-order valence-electron chi connectivity index (χ3n) is 2.92. The number of nitrogens with one attached hydrogen (secondary N) is 1. The van der Waals surface area contributed by atoms with Crippen LogP contribution in [0.3, 0.4) is 0 Å². The first-order chi connectivity index (χ1) is 9.84. The summed E-state index contributed by atoms with van der Waals surface area (Å²) in [5.41, 5.74) is 1.23. The number of rotatable bonds is 7. The Kier molecular flexibility index (Phi) is 5.65. The van der Waals surface area contributed by atoms with Crippen LogP contribution in [0.25, 0.3) is 0 Å². The summed E-state index contributed by atoms with van der Waals surface area (Å²) in [5.74, 6) is 0.821. The van der Waals surface area contributed by atoms with E-state index < -0.39 is 0 Å². The molecule has 104 valence electrons. The lowest BCUT2D eigenvalue weighted by molar-refractivity contribution is -0.121. The number of benzene rings is 2. The molecule has 3 nitrogen and oxygen atoms in total. The zero-order valence-corrected chi connectivity index (χ0v) is 11.4. The van der Waals surface area contributed by atoms with Crippen LogP contribution in [0.15, 0.2) is 60.7 Å². The van der Waals surface area contributed by atoms with Crippen molar-refractivity contribution in [3.05, 3.63) is 66.2 Å². The monoisotopic (exact) mass is 269 g/mol. The van der Waals surface area contributed by atoms with Gasteiger partial charge in [0, 0.05) is 6.54 Å². The number of hydrogen-bond donors (Lipinski definition) is 1. The number of para-hydroxylation sites is 1. The van der Waals surface area contributed by atoms with Gasteiger partial charge in [0.25, 0.3) is 0 Å². The SMILES string of the molecule is O=C(CCOc1ccccc1)NCCc1ccccc1. The third kappa shape index (κ3) is 5.14. The predicted octanol–water partition coefficient (Wildman–Crippen LogP) is 2.81. The van der Waals surface area contributed by atoms with Gasteiger partial charge in [-0.1, -0.05) is 48.5 Å². The molecule has 0 bridgehead atoms. The number of amides is 1. The first-order valence-corrected chi connectivity index (χ1v) is 6.83. The lowest BCUT2D eigenvalue weighted by Gasteiger charge is -2.07. The van der Waals surface area contributed by atoms with Gasteiger partial charge < -0.3 is 10.1 Å². The van der Waals surface area contributed by atoms with E-state index in [2.05, 4.69) is 17.4 Å². The highest BCUT2D eigenvalue weighted by Gasteiger charge is 2.01. The fourth-order valence-electron chi connectivity index (χ4n) is 1.86. The Hall–Kier alpha value is -2.29. The Morgan fingerprint density at radius 3 is 2.30 bits per heavy atom. The normalized spacial score (nSPS) is 10.0. The molecule has 20 heavy (non-hydrogen) atoms. The molecule has 0 fully saturated rings. The van der Waals surface area contributed by atoms with E-state index in [-0.39, 0.29) is 5.91 Å². The summed E-state index contributed by atoms with van der Waals surface area (Å²) >= 11 is 0. The molecule has 0 saturated heterocycles. The second-order valence-corrected chi connectivity index (χ2v) is 4.50. The van der Waals surface area contributed by atoms with Gasteiger partial charge in [0.05, 0.1) is 13.0 Å². The fraction of sp³-hybridized carbons (Fsp3) is 0.235. The van der Waals surface area contributed by atoms with Crippen LogP contribution in [-0.4, -0.2) is 19.1 Å². The van der Waals surface area contributed by atoms with E-state index in [1.54, 1.807) is 0 Å². The lowest BCUT2D eigenvalue weighted by Crippen LogP contribution is -2.27. The molecule has 0 atom stereocenters. The Morgan fingerprint density at radius 1 is 0.950 bits per heavy atom. The number of ether oxygens (including phenoxy) is 1. The van der Waals surface area contributed by atoms with Gasteiger partial charge in [-0.25, -0.2) is 0 Å². The number of carbonyl (C=O) groups is 1. The summed E-state index contributed by atoms with van der Waals surface area (Å²) in [5, 5.41) is 2.90. The van der Waals surface area contributed by atoms with Crippen LogP contribution in [0.1, 0.15) is 12.0 Å². The Balaban J connectivity index is 1.59. The molecule has 0 radical (unpaired) electrons. The smallest absolute Gasteiger partial charge is 0.223 e. The molecule has 1 N–H and O–H groups in total. The number of carbonyl (C=O) groups excluding carboxylic acids is 1. The van der Waals surface area contributed by atoms with Crippen molar-refractivity contribution in [3.8, 4) is 5.75 Å². The van der Waals surface area contributed by atoms with Crippen molar-refractivity contribution >= 4 is 5.91 Å². The summed E-state index contributed by atoms with van der Waals surface area (Å²) in [6.45, 7) is 1.06. The third-order valence-corrected chi connectivity index (χ3v) is 2.92. The molecule has 0 aliphatic carbocycles. The van der Waals surface area contributed by atoms with Crippen LogP contribution in [0.5, 0.6) is 5.75 Å². The minimum atomic E-state index is 0.0249. The summed E-state index contributed by atoms with van der Waals surface area (Å²) in [4.78, 5) is 11.6. The van der Waals surface area contributed by atoms with Gasteiger partial charge in [-0.3, -0.25) is 4.79 Å². The van der Waals surface area contributed by atoms with E-state index >= 15 is 0 Å². The largest absolute Gasteiger partial charge is 0.493 e. The topological polar surface area (TPSA) is 38.3 Å². The molecular weight excluding hydrogens is 250 g/mol. The van der Waals surface area contributed by atoms with Crippen LogP contribution >= 0.6 is 0 Å². The molecule has 0 aliphatic rings. The van der Waals surface area contributed by atoms with Gasteiger partial charge >= 0.3 is 0 Å². The molecule has 1 amide bonds. The fourth-order valence-corrected chi connectivity index (χ4v) is 1.86. The molecular formula is C17H19NO2. The van der Waals surface area contributed by atoms with Gasteiger partial charge in [0.1, 0.15) is 5.75 Å². The van der Waals surface area contributed by atoms with E-state index in [0.29, 0.717) is 19.6 Å². The molecule has 0 aliphatic heterocycles. The van der Waals surface area contributed by atoms with Crippen molar-refractivity contribution in [2.75, 3.05) is 13.2 Å². The first kappa shape index (κ1) is 14.1. The Bertz CT molecular complexity index is 464. The lowest BCUT2D eigenvalue weighted by atomic mass is 10.1. The van der Waals surface area contributed by atoms with Crippen molar-refractivity contribution < 1.29 is 9.53 Å². The van der Waals surface area contributed by atoms with Crippen LogP contribution < -0.4 is 10.1 Å². The molecule has 2 aromatic carbocycles. The zero-order valence-electron chi connectivity index (χ0n) is 11.4. The van der Waals surface area contributed by atoms with E-state index in [1.807, 2.05) is 48.5 Å². The molecule has 0 saturated carbocycles. The van der Waals surface area contributed by atoms with Crippen LogP contribution in [-0.2, 0) is 11.2 Å². The molecule has 0 aromatic heterocycles. The van der Waals surface area contributed by atoms with Crippen molar-refractivity contribution in [1.82, 2.24) is 5.32 Å². The van der Waals surface area contributed by atoms with E-state index in [9.17, 15) is 4.79 Å². The summed E-state index contributed by atoms with van der Waals surface area (Å²) in [6, 6.07) is 19.6. The predicted molar refractivity (Wildman–Crippen MR) is 79.7 cm³/mol. The van der Waals surface area contributed by atoms with E-state index in [0.717, 1.165) is 12.2 Å². The van der Waals surface area contributed by atoms with Gasteiger partial charge in [0.2, 0.25) is 5.91 Å². The average molecular weight is 269 g/mol. The van der Waals surface area contributed by atoms with Gasteiger partial charge in [0.15, 0.2) is 0 Å². The Morgan fingerprint density at radius 2 is 1.60 bits per heavy atom. The van der Waals surface area contributed by atoms with Gasteiger partial charge in [-0.2, -0.15) is 0 Å². The first-order valence-electron chi connectivity index (χ1n) is 6.83.